The molecule has 0 atom stereocenters. The molecule has 0 fully saturated rings. The Labute approximate surface area is 90.2 Å². The van der Waals surface area contributed by atoms with Crippen LogP contribution in [-0.2, 0) is 0 Å². The second-order valence-electron chi connectivity index (χ2n) is 2.69. The molecule has 4 nitrogen and oxygen atoms in total. The van der Waals surface area contributed by atoms with Crippen LogP contribution in [0.25, 0.3) is 11.4 Å². The summed E-state index contributed by atoms with van der Waals surface area (Å²) in [5.41, 5.74) is 0.705. The predicted octanol–water partition coefficient (Wildman–Crippen LogP) is 1.97. The summed E-state index contributed by atoms with van der Waals surface area (Å²) in [7, 11) is 0. The molecular formula is C8H6Cl2N4. The van der Waals surface area contributed by atoms with Gasteiger partial charge in [-0.3, -0.25) is 0 Å². The average molecular weight is 229 g/mol. The van der Waals surface area contributed by atoms with E-state index in [9.17, 15) is 0 Å². The highest BCUT2D eigenvalue weighted by Gasteiger charge is 2.09. The quantitative estimate of drug-likeness (QED) is 0.760. The molecule has 6 heteroatoms. The maximum Gasteiger partial charge on any atom is 0.183 e. The van der Waals surface area contributed by atoms with Crippen LogP contribution in [-0.4, -0.2) is 14.9 Å². The van der Waals surface area contributed by atoms with Gasteiger partial charge in [-0.05, 0) is 18.2 Å². The Kier molecular flexibility index (Phi) is 2.31. The molecule has 0 spiro atoms. The van der Waals surface area contributed by atoms with Crippen LogP contribution < -0.4 is 5.84 Å². The SMILES string of the molecule is Nn1cnnc1-c1ccc(Cl)cc1Cl. The van der Waals surface area contributed by atoms with E-state index in [0.29, 0.717) is 21.4 Å². The van der Waals surface area contributed by atoms with Gasteiger partial charge >= 0.3 is 0 Å². The molecule has 0 aliphatic heterocycles. The second kappa shape index (κ2) is 3.48. The Bertz CT molecular complexity index is 466. The zero-order chi connectivity index (χ0) is 10.1. The van der Waals surface area contributed by atoms with Gasteiger partial charge in [0.1, 0.15) is 6.33 Å². The molecule has 2 aromatic rings. The van der Waals surface area contributed by atoms with Gasteiger partial charge in [-0.25, -0.2) is 4.68 Å². The standard InChI is InChI=1S/C8H6Cl2N4/c9-5-1-2-6(7(10)3-5)8-13-12-4-14(8)11/h1-4H,11H2. The first-order chi connectivity index (χ1) is 6.68. The number of rotatable bonds is 1. The number of aromatic nitrogens is 3. The summed E-state index contributed by atoms with van der Waals surface area (Å²) < 4.78 is 1.30. The lowest BCUT2D eigenvalue weighted by Crippen LogP contribution is -2.08. The van der Waals surface area contributed by atoms with Gasteiger partial charge in [0.2, 0.25) is 0 Å². The van der Waals surface area contributed by atoms with Crippen LogP contribution in [0.1, 0.15) is 0 Å². The number of nitrogen functional groups attached to an aromatic ring is 1. The molecular weight excluding hydrogens is 223 g/mol. The predicted molar refractivity (Wildman–Crippen MR) is 55.6 cm³/mol. The first-order valence-corrected chi connectivity index (χ1v) is 4.54. The maximum atomic E-state index is 5.97. The molecule has 0 aliphatic carbocycles. The summed E-state index contributed by atoms with van der Waals surface area (Å²) in [5.74, 6) is 6.09. The molecule has 1 aromatic carbocycles. The fraction of sp³-hybridized carbons (Fsp3) is 0. The van der Waals surface area contributed by atoms with Crippen LogP contribution in [0.4, 0.5) is 0 Å². The van der Waals surface area contributed by atoms with Crippen molar-refractivity contribution in [2.24, 2.45) is 0 Å². The van der Waals surface area contributed by atoms with Gasteiger partial charge in [-0.1, -0.05) is 23.2 Å². The average Bonchev–Trinajstić information content (AvgIpc) is 2.52. The van der Waals surface area contributed by atoms with E-state index in [4.69, 9.17) is 29.0 Å². The molecule has 14 heavy (non-hydrogen) atoms. The number of nitrogens with zero attached hydrogens (tertiary/aromatic N) is 3. The molecule has 0 amide bonds. The second-order valence-corrected chi connectivity index (χ2v) is 3.53. The van der Waals surface area contributed by atoms with E-state index in [-0.39, 0.29) is 0 Å². The summed E-state index contributed by atoms with van der Waals surface area (Å²) in [6, 6.07) is 5.10. The molecule has 1 aromatic heterocycles. The Hall–Kier alpha value is -1.26. The van der Waals surface area contributed by atoms with E-state index in [1.807, 2.05) is 0 Å². The lowest BCUT2D eigenvalue weighted by atomic mass is 10.2. The topological polar surface area (TPSA) is 56.7 Å². The fourth-order valence-electron chi connectivity index (χ4n) is 1.11. The summed E-state index contributed by atoms with van der Waals surface area (Å²) in [4.78, 5) is 0. The Morgan fingerprint density at radius 3 is 2.64 bits per heavy atom. The number of benzene rings is 1. The van der Waals surface area contributed by atoms with Gasteiger partial charge in [-0.2, -0.15) is 0 Å². The smallest absolute Gasteiger partial charge is 0.183 e. The molecule has 0 unspecified atom stereocenters. The van der Waals surface area contributed by atoms with E-state index in [0.717, 1.165) is 0 Å². The van der Waals surface area contributed by atoms with Crippen molar-refractivity contribution in [1.82, 2.24) is 14.9 Å². The molecule has 2 rings (SSSR count). The molecule has 0 radical (unpaired) electrons. The highest BCUT2D eigenvalue weighted by molar-refractivity contribution is 6.36. The fourth-order valence-corrected chi connectivity index (χ4v) is 1.60. The summed E-state index contributed by atoms with van der Waals surface area (Å²) >= 11 is 11.7. The van der Waals surface area contributed by atoms with E-state index < -0.39 is 0 Å². The third-order valence-corrected chi connectivity index (χ3v) is 2.29. The Morgan fingerprint density at radius 2 is 2.07 bits per heavy atom. The van der Waals surface area contributed by atoms with Gasteiger partial charge in [0.05, 0.1) is 5.02 Å². The van der Waals surface area contributed by atoms with Crippen molar-refractivity contribution in [2.45, 2.75) is 0 Å². The number of hydrogen-bond donors (Lipinski definition) is 1. The van der Waals surface area contributed by atoms with Crippen molar-refractivity contribution >= 4 is 23.2 Å². The molecule has 0 aliphatic rings. The van der Waals surface area contributed by atoms with Gasteiger partial charge in [0, 0.05) is 10.6 Å². The molecule has 1 heterocycles. The van der Waals surface area contributed by atoms with E-state index in [1.54, 1.807) is 18.2 Å². The molecule has 2 N–H and O–H groups in total. The summed E-state index contributed by atoms with van der Waals surface area (Å²) in [6.45, 7) is 0. The van der Waals surface area contributed by atoms with E-state index in [2.05, 4.69) is 10.2 Å². The van der Waals surface area contributed by atoms with Crippen molar-refractivity contribution in [3.8, 4) is 11.4 Å². The van der Waals surface area contributed by atoms with Crippen LogP contribution in [0.3, 0.4) is 0 Å². The van der Waals surface area contributed by atoms with Gasteiger partial charge in [0.15, 0.2) is 5.82 Å². The summed E-state index contributed by atoms with van der Waals surface area (Å²) in [5, 5.41) is 8.56. The van der Waals surface area contributed by atoms with E-state index in [1.165, 1.54) is 11.0 Å². The monoisotopic (exact) mass is 228 g/mol. The maximum absolute atomic E-state index is 5.97. The van der Waals surface area contributed by atoms with Crippen LogP contribution in [0, 0.1) is 0 Å². The Morgan fingerprint density at radius 1 is 1.29 bits per heavy atom. The minimum Gasteiger partial charge on any atom is -0.336 e. The normalized spacial score (nSPS) is 10.4. The minimum absolute atomic E-state index is 0.497. The highest BCUT2D eigenvalue weighted by atomic mass is 35.5. The van der Waals surface area contributed by atoms with Gasteiger partial charge in [0.25, 0.3) is 0 Å². The van der Waals surface area contributed by atoms with Crippen molar-refractivity contribution in [2.75, 3.05) is 5.84 Å². The van der Waals surface area contributed by atoms with Crippen LogP contribution in [0.2, 0.25) is 10.0 Å². The van der Waals surface area contributed by atoms with Crippen molar-refractivity contribution < 1.29 is 0 Å². The van der Waals surface area contributed by atoms with Gasteiger partial charge in [-0.15, -0.1) is 10.2 Å². The van der Waals surface area contributed by atoms with Gasteiger partial charge < -0.3 is 5.84 Å². The third kappa shape index (κ3) is 1.54. The lowest BCUT2D eigenvalue weighted by molar-refractivity contribution is 1.01. The minimum atomic E-state index is 0.497. The zero-order valence-corrected chi connectivity index (χ0v) is 8.50. The largest absolute Gasteiger partial charge is 0.336 e. The Balaban J connectivity index is 2.58. The molecule has 0 saturated heterocycles. The van der Waals surface area contributed by atoms with Crippen molar-refractivity contribution in [1.29, 1.82) is 0 Å². The lowest BCUT2D eigenvalue weighted by Gasteiger charge is -2.02. The summed E-state index contributed by atoms with van der Waals surface area (Å²) in [6.07, 6.45) is 1.40. The van der Waals surface area contributed by atoms with Crippen LogP contribution in [0.5, 0.6) is 0 Å². The highest BCUT2D eigenvalue weighted by Crippen LogP contribution is 2.27. The van der Waals surface area contributed by atoms with E-state index >= 15 is 0 Å². The first kappa shape index (κ1) is 9.30. The molecule has 0 bridgehead atoms. The van der Waals surface area contributed by atoms with Crippen LogP contribution in [0.15, 0.2) is 24.5 Å². The van der Waals surface area contributed by atoms with Crippen LogP contribution >= 0.6 is 23.2 Å². The number of nitrogens with two attached hydrogens (primary N) is 1. The number of hydrogen-bond acceptors (Lipinski definition) is 3. The molecule has 0 saturated carbocycles. The first-order valence-electron chi connectivity index (χ1n) is 3.79. The number of halogens is 2. The van der Waals surface area contributed by atoms with Crippen molar-refractivity contribution in [3.63, 3.8) is 0 Å². The molecule has 72 valence electrons. The zero-order valence-electron chi connectivity index (χ0n) is 6.98. The third-order valence-electron chi connectivity index (χ3n) is 1.75. The van der Waals surface area contributed by atoms with Crippen molar-refractivity contribution in [3.05, 3.63) is 34.6 Å².